The van der Waals surface area contributed by atoms with Gasteiger partial charge in [0.05, 0.1) is 51.8 Å². The molecular formula is C52H60Br2F2N4O8S2. The molecule has 4 aliphatic heterocycles. The summed E-state index contributed by atoms with van der Waals surface area (Å²) in [5.74, 6) is 0.465. The normalized spacial score (nSPS) is 24.4. The molecule has 70 heavy (non-hydrogen) atoms. The molecule has 0 spiro atoms. The lowest BCUT2D eigenvalue weighted by atomic mass is 9.75. The zero-order valence-electron chi connectivity index (χ0n) is 40.1. The van der Waals surface area contributed by atoms with Crippen LogP contribution in [0.2, 0.25) is 0 Å². The molecule has 376 valence electrons. The van der Waals surface area contributed by atoms with Gasteiger partial charge in [-0.25, -0.2) is 28.4 Å². The number of halogens is 4. The van der Waals surface area contributed by atoms with Crippen molar-refractivity contribution in [3.63, 3.8) is 0 Å². The number of aliphatic imine (C=N–C) groups is 2. The van der Waals surface area contributed by atoms with Gasteiger partial charge in [0.15, 0.2) is 10.3 Å². The molecule has 2 N–H and O–H groups in total. The predicted molar refractivity (Wildman–Crippen MR) is 278 cm³/mol. The highest BCUT2D eigenvalue weighted by atomic mass is 79.9. The van der Waals surface area contributed by atoms with Crippen molar-refractivity contribution in [2.24, 2.45) is 27.6 Å². The van der Waals surface area contributed by atoms with E-state index in [0.29, 0.717) is 66.0 Å². The van der Waals surface area contributed by atoms with Crippen LogP contribution in [0.3, 0.4) is 0 Å². The SMILES string of the molecule is CC(C)(C)OC(=O)N(C(=O)OC(C)(C)C)C1=N[C@@]2(c3cc(Br)ccc3F)CO[C@@H](COCc3ccccc3)C[C@H]2CS1.NC1=N[C@@]2(c3cc(Br)ccc3F)CO[C@@H](COCc3ccccc3)C[C@H]2CS1. The van der Waals surface area contributed by atoms with E-state index in [9.17, 15) is 14.0 Å². The number of fused-ring (bicyclic) bond motifs is 2. The molecule has 2 saturated heterocycles. The van der Waals surface area contributed by atoms with Crippen LogP contribution in [0.4, 0.5) is 18.4 Å². The first-order valence-corrected chi connectivity index (χ1v) is 26.6. The zero-order valence-corrected chi connectivity index (χ0v) is 44.9. The third kappa shape index (κ3) is 13.8. The van der Waals surface area contributed by atoms with Gasteiger partial charge in [-0.3, -0.25) is 0 Å². The van der Waals surface area contributed by atoms with Crippen LogP contribution in [-0.4, -0.2) is 88.8 Å². The number of hydrogen-bond acceptors (Lipinski definition) is 13. The highest BCUT2D eigenvalue weighted by Crippen LogP contribution is 2.49. The van der Waals surface area contributed by atoms with Crippen LogP contribution < -0.4 is 5.73 Å². The Bertz CT molecular complexity index is 2490. The minimum absolute atomic E-state index is 0.0327. The third-order valence-corrected chi connectivity index (χ3v) is 15.0. The van der Waals surface area contributed by atoms with Crippen molar-refractivity contribution in [2.75, 3.05) is 37.9 Å². The average Bonchev–Trinajstić information content (AvgIpc) is 3.30. The van der Waals surface area contributed by atoms with Gasteiger partial charge in [0.2, 0.25) is 0 Å². The van der Waals surface area contributed by atoms with Crippen molar-refractivity contribution in [2.45, 2.75) is 102 Å². The molecule has 2 amide bonds. The van der Waals surface area contributed by atoms with E-state index in [1.165, 1.54) is 35.7 Å². The van der Waals surface area contributed by atoms with E-state index in [1.54, 1.807) is 65.8 Å². The number of nitrogens with zero attached hydrogens (tertiary/aromatic N) is 3. The fourth-order valence-corrected chi connectivity index (χ4v) is 11.7. The predicted octanol–water partition coefficient (Wildman–Crippen LogP) is 12.1. The molecule has 4 aliphatic rings. The first-order valence-electron chi connectivity index (χ1n) is 23.1. The largest absolute Gasteiger partial charge is 0.443 e. The molecule has 0 unspecified atom stereocenters. The van der Waals surface area contributed by atoms with Crippen LogP contribution in [0.15, 0.2) is 116 Å². The number of amidine groups is 2. The second-order valence-corrected chi connectivity index (χ2v) is 23.5. The van der Waals surface area contributed by atoms with Crippen molar-refractivity contribution in [1.82, 2.24) is 4.90 Å². The van der Waals surface area contributed by atoms with Gasteiger partial charge >= 0.3 is 12.2 Å². The molecular weight excluding hydrogens is 1070 g/mol. The number of hydrogen-bond donors (Lipinski definition) is 1. The molecule has 0 aromatic heterocycles. The monoisotopic (exact) mass is 1130 g/mol. The number of imide groups is 1. The molecule has 18 heteroatoms. The van der Waals surface area contributed by atoms with Crippen molar-refractivity contribution in [1.29, 1.82) is 0 Å². The molecule has 0 radical (unpaired) electrons. The van der Waals surface area contributed by atoms with E-state index >= 15 is 4.39 Å². The molecule has 4 aromatic rings. The molecule has 4 heterocycles. The summed E-state index contributed by atoms with van der Waals surface area (Å²) in [6.07, 6.45) is -0.807. The maximum atomic E-state index is 15.5. The van der Waals surface area contributed by atoms with Gasteiger partial charge in [-0.2, -0.15) is 4.90 Å². The summed E-state index contributed by atoms with van der Waals surface area (Å²) in [6.45, 7) is 12.4. The lowest BCUT2D eigenvalue weighted by Gasteiger charge is -2.47. The maximum absolute atomic E-state index is 15.5. The quantitative estimate of drug-likeness (QED) is 0.162. The Hall–Kier alpha value is -3.88. The highest BCUT2D eigenvalue weighted by Gasteiger charge is 2.52. The highest BCUT2D eigenvalue weighted by molar-refractivity contribution is 9.10. The van der Waals surface area contributed by atoms with E-state index in [1.807, 2.05) is 60.7 Å². The Morgan fingerprint density at radius 3 is 1.56 bits per heavy atom. The summed E-state index contributed by atoms with van der Waals surface area (Å²) in [5.41, 5.74) is 5.34. The topological polar surface area (TPSA) is 144 Å². The number of amides is 2. The van der Waals surface area contributed by atoms with Gasteiger partial charge in [0, 0.05) is 43.4 Å². The number of nitrogens with two attached hydrogens (primary N) is 1. The Kier molecular flexibility index (Phi) is 18.0. The van der Waals surface area contributed by atoms with Crippen LogP contribution in [0.5, 0.6) is 0 Å². The molecule has 0 bridgehead atoms. The number of ether oxygens (including phenoxy) is 6. The fourth-order valence-electron chi connectivity index (χ4n) is 8.67. The van der Waals surface area contributed by atoms with Gasteiger partial charge in [-0.1, -0.05) is 116 Å². The molecule has 4 aromatic carbocycles. The standard InChI is InChI=1S/C31H38BrFN2O6S.C21H22BrFN2O2S/c1-29(2,3)40-27(36)35(28(37)41-30(4,5)6)26-34-31(24-15-22(32)12-13-25(24)33)19-39-23(14-21(31)18-42-26)17-38-16-20-10-8-7-9-11-20;22-16-6-7-19(23)18(9-16)21-13-27-17(8-15(21)12-28-20(24)25-21)11-26-10-14-4-2-1-3-5-14/h7-13,15,21,23H,14,16-19H2,1-6H3;1-7,9,15,17H,8,10-13H2,(H2,24,25)/t21-,23+,31-;15-,17+,21-/m00/s1. The van der Waals surface area contributed by atoms with Gasteiger partial charge in [-0.15, -0.1) is 0 Å². The number of rotatable bonds is 10. The third-order valence-electron chi connectivity index (χ3n) is 11.9. The number of carbonyl (C=O) groups is 2. The summed E-state index contributed by atoms with van der Waals surface area (Å²) in [5, 5.41) is 0.550. The van der Waals surface area contributed by atoms with Crippen molar-refractivity contribution in [3.05, 3.63) is 140 Å². The fraction of sp³-hybridized carbons (Fsp3) is 0.462. The first-order chi connectivity index (χ1) is 33.2. The lowest BCUT2D eigenvalue weighted by molar-refractivity contribution is -0.0929. The lowest BCUT2D eigenvalue weighted by Crippen LogP contribution is -2.54. The summed E-state index contributed by atoms with van der Waals surface area (Å²) < 4.78 is 67.1. The number of benzene rings is 4. The molecule has 2 fully saturated rings. The Balaban J connectivity index is 0.000000223. The Morgan fingerprint density at radius 2 is 1.11 bits per heavy atom. The van der Waals surface area contributed by atoms with E-state index < -0.39 is 40.3 Å². The second kappa shape index (κ2) is 23.3. The van der Waals surface area contributed by atoms with Crippen LogP contribution in [-0.2, 0) is 52.7 Å². The maximum Gasteiger partial charge on any atom is 0.426 e. The minimum atomic E-state index is -1.20. The molecule has 6 atom stereocenters. The zero-order chi connectivity index (χ0) is 50.3. The Labute approximate surface area is 434 Å². The van der Waals surface area contributed by atoms with Crippen molar-refractivity contribution in [3.8, 4) is 0 Å². The second-order valence-electron chi connectivity index (χ2n) is 19.6. The van der Waals surface area contributed by atoms with Crippen LogP contribution in [0.25, 0.3) is 0 Å². The van der Waals surface area contributed by atoms with Crippen LogP contribution in [0, 0.1) is 23.5 Å². The average molecular weight is 1130 g/mol. The van der Waals surface area contributed by atoms with Crippen molar-refractivity contribution >= 4 is 77.9 Å². The Morgan fingerprint density at radius 1 is 0.686 bits per heavy atom. The summed E-state index contributed by atoms with van der Waals surface area (Å²) in [7, 11) is 0. The van der Waals surface area contributed by atoms with E-state index in [-0.39, 0.29) is 41.6 Å². The van der Waals surface area contributed by atoms with Gasteiger partial charge in [0.25, 0.3) is 0 Å². The minimum Gasteiger partial charge on any atom is -0.443 e. The molecule has 8 rings (SSSR count). The summed E-state index contributed by atoms with van der Waals surface area (Å²) in [6, 6.07) is 29.6. The number of carbonyl (C=O) groups excluding carboxylic acids is 2. The van der Waals surface area contributed by atoms with Crippen LogP contribution >= 0.6 is 55.4 Å². The van der Waals surface area contributed by atoms with E-state index in [2.05, 4.69) is 31.9 Å². The molecule has 0 saturated carbocycles. The van der Waals surface area contributed by atoms with Crippen molar-refractivity contribution < 1.29 is 46.8 Å². The van der Waals surface area contributed by atoms with E-state index in [0.717, 1.165) is 32.7 Å². The van der Waals surface area contributed by atoms with Gasteiger partial charge in [-0.05, 0) is 102 Å². The van der Waals surface area contributed by atoms with Gasteiger partial charge < -0.3 is 34.2 Å². The number of thioether (sulfide) groups is 2. The molecule has 12 nitrogen and oxygen atoms in total. The van der Waals surface area contributed by atoms with Gasteiger partial charge in [0.1, 0.15) is 33.9 Å². The summed E-state index contributed by atoms with van der Waals surface area (Å²) >= 11 is 9.67. The van der Waals surface area contributed by atoms with E-state index in [4.69, 9.17) is 44.1 Å². The first kappa shape index (κ1) is 53.9. The van der Waals surface area contributed by atoms with Crippen LogP contribution in [0.1, 0.15) is 76.6 Å². The smallest absolute Gasteiger partial charge is 0.426 e. The molecule has 0 aliphatic carbocycles. The summed E-state index contributed by atoms with van der Waals surface area (Å²) in [4.78, 5) is 37.2.